The first-order valence-electron chi connectivity index (χ1n) is 4.16. The molecule has 1 nitrogen and oxygen atoms in total. The first-order chi connectivity index (χ1) is 5.79. The summed E-state index contributed by atoms with van der Waals surface area (Å²) in [4.78, 5) is 0. The van der Waals surface area contributed by atoms with Gasteiger partial charge in [-0.05, 0) is 40.1 Å². The molecule has 0 unspecified atom stereocenters. The predicted molar refractivity (Wildman–Crippen MR) is 63.5 cm³/mol. The summed E-state index contributed by atoms with van der Waals surface area (Å²) >= 11 is 2.32. The number of benzene rings is 1. The van der Waals surface area contributed by atoms with Gasteiger partial charge in [0.25, 0.3) is 0 Å². The number of aryl methyl sites for hydroxylation is 1. The summed E-state index contributed by atoms with van der Waals surface area (Å²) < 4.78 is 1.24. The van der Waals surface area contributed by atoms with Crippen molar-refractivity contribution in [3.8, 4) is 0 Å². The minimum absolute atomic E-state index is 0.160. The summed E-state index contributed by atoms with van der Waals surface area (Å²) in [5.74, 6) is 0. The van der Waals surface area contributed by atoms with Crippen molar-refractivity contribution < 1.29 is 5.11 Å². The molecular weight excluding hydrogens is 279 g/mol. The Morgan fingerprint density at radius 1 is 1.33 bits per heavy atom. The van der Waals surface area contributed by atoms with E-state index in [4.69, 9.17) is 5.11 Å². The Hall–Kier alpha value is 0.127. The molecule has 0 heterocycles. The van der Waals surface area contributed by atoms with Crippen LogP contribution in [0, 0.1) is 3.57 Å². The van der Waals surface area contributed by atoms with E-state index in [0.29, 0.717) is 0 Å². The third kappa shape index (κ3) is 2.31. The molecule has 1 rings (SSSR count). The highest BCUT2D eigenvalue weighted by Gasteiger charge is 2.02. The van der Waals surface area contributed by atoms with Gasteiger partial charge < -0.3 is 5.11 Å². The van der Waals surface area contributed by atoms with E-state index < -0.39 is 0 Å². The zero-order valence-corrected chi connectivity index (χ0v) is 11.3. The normalized spacial score (nSPS) is 10.5. The highest BCUT2D eigenvalue weighted by Crippen LogP contribution is 2.18. The van der Waals surface area contributed by atoms with Gasteiger partial charge in [0.15, 0.2) is 0 Å². The number of hydrogen-bond acceptors (Lipinski definition) is 1. The van der Waals surface area contributed by atoms with E-state index in [1.54, 1.807) is 0 Å². The van der Waals surface area contributed by atoms with E-state index in [1.165, 1.54) is 31.8 Å². The van der Waals surface area contributed by atoms with Gasteiger partial charge in [0.05, 0.1) is 6.61 Å². The van der Waals surface area contributed by atoms with Crippen molar-refractivity contribution in [2.24, 2.45) is 0 Å². The molecule has 66 valence electrons. The number of aliphatic hydroxyl groups excluding tert-OH is 1. The fourth-order valence-electron chi connectivity index (χ4n) is 1.22. The second-order valence-corrected chi connectivity index (χ2v) is 4.88. The Morgan fingerprint density at radius 2 is 2.00 bits per heavy atom. The third-order valence-electron chi connectivity index (χ3n) is 1.85. The second-order valence-electron chi connectivity index (χ2n) is 2.80. The summed E-state index contributed by atoms with van der Waals surface area (Å²) in [6, 6.07) is 7.46. The van der Waals surface area contributed by atoms with Gasteiger partial charge in [0, 0.05) is 13.8 Å². The molecule has 1 aromatic rings. The minimum Gasteiger partial charge on any atom is -0.392 e. The van der Waals surface area contributed by atoms with Crippen LogP contribution >= 0.6 is 22.6 Å². The molecule has 0 aromatic heterocycles. The quantitative estimate of drug-likeness (QED) is 0.653. The van der Waals surface area contributed by atoms with Crippen molar-refractivity contribution in [3.63, 3.8) is 0 Å². The topological polar surface area (TPSA) is 20.2 Å². The fourth-order valence-corrected chi connectivity index (χ4v) is 2.56. The summed E-state index contributed by atoms with van der Waals surface area (Å²) in [7, 11) is 1.26. The Balaban J connectivity index is 2.97. The van der Waals surface area contributed by atoms with E-state index >= 15 is 0 Å². The first-order valence-corrected chi connectivity index (χ1v) is 6.66. The van der Waals surface area contributed by atoms with Gasteiger partial charge in [-0.2, -0.15) is 0 Å². The Labute approximate surface area is 89.8 Å². The lowest BCUT2D eigenvalue weighted by Crippen LogP contribution is -1.94. The van der Waals surface area contributed by atoms with Crippen molar-refractivity contribution in [3.05, 3.63) is 32.9 Å². The van der Waals surface area contributed by atoms with E-state index in [0.717, 1.165) is 5.56 Å². The fraction of sp³-hybridized carbons (Fsp3) is 0.333. The van der Waals surface area contributed by atoms with Gasteiger partial charge in [-0.1, -0.05) is 24.2 Å². The summed E-state index contributed by atoms with van der Waals surface area (Å²) in [6.45, 7) is 0.160. The highest BCUT2D eigenvalue weighted by molar-refractivity contribution is 14.1. The van der Waals surface area contributed by atoms with Gasteiger partial charge in [0.2, 0.25) is 0 Å². The lowest BCUT2D eigenvalue weighted by Gasteiger charge is -2.06. The van der Waals surface area contributed by atoms with Crippen LogP contribution in [0.4, 0.5) is 0 Å². The molecule has 0 aliphatic heterocycles. The first kappa shape index (κ1) is 10.2. The average molecular weight is 292 g/mol. The molecule has 0 aliphatic rings. The maximum atomic E-state index is 9.01. The van der Waals surface area contributed by atoms with Crippen LogP contribution in [0.5, 0.6) is 0 Å². The van der Waals surface area contributed by atoms with E-state index in [2.05, 4.69) is 28.7 Å². The molecule has 3 heteroatoms. The molecule has 0 atom stereocenters. The van der Waals surface area contributed by atoms with Crippen LogP contribution in [0.25, 0.3) is 0 Å². The van der Waals surface area contributed by atoms with Gasteiger partial charge in [-0.15, -0.1) is 0 Å². The van der Waals surface area contributed by atoms with Crippen LogP contribution in [-0.2, 0) is 13.0 Å². The molecule has 0 aliphatic carbocycles. The van der Waals surface area contributed by atoms with Gasteiger partial charge in [-0.3, -0.25) is 0 Å². The van der Waals surface area contributed by atoms with Crippen LogP contribution in [-0.4, -0.2) is 15.3 Å². The zero-order chi connectivity index (χ0) is 8.97. The summed E-state index contributed by atoms with van der Waals surface area (Å²) in [5, 5.41) is 9.01. The average Bonchev–Trinajstić information content (AvgIpc) is 2.09. The Kier molecular flexibility index (Phi) is 4.24. The van der Waals surface area contributed by atoms with Crippen LogP contribution < -0.4 is 0 Å². The van der Waals surface area contributed by atoms with E-state index in [1.807, 2.05) is 12.1 Å². The van der Waals surface area contributed by atoms with E-state index in [-0.39, 0.29) is 6.61 Å². The molecular formula is C9H13IOSi. The number of hydrogen-bond donors (Lipinski definition) is 1. The number of rotatable bonds is 3. The van der Waals surface area contributed by atoms with Crippen molar-refractivity contribution in [2.75, 3.05) is 0 Å². The Bertz CT molecular complexity index is 263. The molecule has 1 aromatic carbocycles. The monoisotopic (exact) mass is 292 g/mol. The lowest BCUT2D eigenvalue weighted by molar-refractivity contribution is 0.281. The van der Waals surface area contributed by atoms with Gasteiger partial charge >= 0.3 is 0 Å². The molecule has 0 saturated heterocycles. The SMILES string of the molecule is OCc1cccc(CC[SiH3])c1I. The highest BCUT2D eigenvalue weighted by atomic mass is 127. The smallest absolute Gasteiger partial charge is 0.0692 e. The zero-order valence-electron chi connectivity index (χ0n) is 7.18. The third-order valence-corrected chi connectivity index (χ3v) is 3.73. The Morgan fingerprint density at radius 3 is 2.58 bits per heavy atom. The van der Waals surface area contributed by atoms with Crippen molar-refractivity contribution in [1.29, 1.82) is 0 Å². The van der Waals surface area contributed by atoms with Crippen LogP contribution in [0.15, 0.2) is 18.2 Å². The standard InChI is InChI=1S/C9H13IOSi/c10-9-7(4-5-12)2-1-3-8(9)6-11/h1-3,11H,4-6H2,12H3. The van der Waals surface area contributed by atoms with Crippen molar-refractivity contribution in [1.82, 2.24) is 0 Å². The van der Waals surface area contributed by atoms with Crippen molar-refractivity contribution >= 4 is 32.8 Å². The largest absolute Gasteiger partial charge is 0.392 e. The van der Waals surface area contributed by atoms with Crippen LogP contribution in [0.3, 0.4) is 0 Å². The summed E-state index contributed by atoms with van der Waals surface area (Å²) in [6.07, 6.45) is 1.17. The van der Waals surface area contributed by atoms with Gasteiger partial charge in [0.1, 0.15) is 0 Å². The second kappa shape index (κ2) is 4.99. The molecule has 0 amide bonds. The molecule has 0 spiro atoms. The lowest BCUT2D eigenvalue weighted by atomic mass is 10.1. The van der Waals surface area contributed by atoms with Crippen LogP contribution in [0.2, 0.25) is 6.04 Å². The molecule has 1 N–H and O–H groups in total. The van der Waals surface area contributed by atoms with Gasteiger partial charge in [-0.25, -0.2) is 0 Å². The predicted octanol–water partition coefficient (Wildman–Crippen LogP) is 1.11. The molecule has 0 saturated carbocycles. The minimum atomic E-state index is 0.160. The molecule has 12 heavy (non-hydrogen) atoms. The van der Waals surface area contributed by atoms with Crippen LogP contribution in [0.1, 0.15) is 11.1 Å². The number of halogens is 1. The van der Waals surface area contributed by atoms with E-state index in [9.17, 15) is 0 Å². The molecule has 0 bridgehead atoms. The summed E-state index contributed by atoms with van der Waals surface area (Å²) in [5.41, 5.74) is 2.44. The van der Waals surface area contributed by atoms with Crippen molar-refractivity contribution in [2.45, 2.75) is 19.1 Å². The maximum absolute atomic E-state index is 9.01. The number of aliphatic hydroxyl groups is 1. The molecule has 0 fully saturated rings. The molecule has 0 radical (unpaired) electrons. The maximum Gasteiger partial charge on any atom is 0.0692 e.